The maximum atomic E-state index is 14.1. The molecular formula is C15H22FNO. The number of hydrogen-bond donors (Lipinski definition) is 1. The van der Waals surface area contributed by atoms with E-state index in [9.17, 15) is 4.39 Å². The van der Waals surface area contributed by atoms with Crippen molar-refractivity contribution in [1.82, 2.24) is 5.32 Å². The molecule has 0 heterocycles. The minimum Gasteiger partial charge on any atom is -0.497 e. The lowest BCUT2D eigenvalue weighted by molar-refractivity contribution is 0.360. The molecule has 0 aliphatic heterocycles. The van der Waals surface area contributed by atoms with Gasteiger partial charge in [-0.1, -0.05) is 25.8 Å². The molecule has 1 aromatic rings. The van der Waals surface area contributed by atoms with Crippen LogP contribution < -0.4 is 10.1 Å². The molecule has 0 bridgehead atoms. The van der Waals surface area contributed by atoms with E-state index in [-0.39, 0.29) is 11.9 Å². The summed E-state index contributed by atoms with van der Waals surface area (Å²) in [6, 6.07) is 5.33. The van der Waals surface area contributed by atoms with Crippen molar-refractivity contribution in [3.63, 3.8) is 0 Å². The van der Waals surface area contributed by atoms with Crippen molar-refractivity contribution in [1.29, 1.82) is 0 Å². The fourth-order valence-electron chi connectivity index (χ4n) is 2.93. The molecule has 100 valence electrons. The maximum Gasteiger partial charge on any atom is 0.131 e. The predicted molar refractivity (Wildman–Crippen MR) is 71.3 cm³/mol. The van der Waals surface area contributed by atoms with Crippen molar-refractivity contribution in [2.45, 2.75) is 38.6 Å². The number of ether oxygens (including phenoxy) is 1. The Kier molecular flexibility index (Phi) is 4.59. The molecule has 1 aromatic carbocycles. The molecule has 2 rings (SSSR count). The molecule has 1 saturated carbocycles. The Morgan fingerprint density at radius 2 is 2.11 bits per heavy atom. The third kappa shape index (κ3) is 2.83. The summed E-state index contributed by atoms with van der Waals surface area (Å²) in [5.41, 5.74) is 0.782. The largest absolute Gasteiger partial charge is 0.497 e. The molecule has 1 fully saturated rings. The van der Waals surface area contributed by atoms with E-state index in [1.165, 1.54) is 31.7 Å². The summed E-state index contributed by atoms with van der Waals surface area (Å²) < 4.78 is 19.2. The summed E-state index contributed by atoms with van der Waals surface area (Å²) >= 11 is 0. The molecule has 2 nitrogen and oxygen atoms in total. The summed E-state index contributed by atoms with van der Waals surface area (Å²) in [5.74, 6) is 0.984. The molecule has 0 saturated heterocycles. The Labute approximate surface area is 109 Å². The average Bonchev–Trinajstić information content (AvgIpc) is 2.90. The zero-order valence-corrected chi connectivity index (χ0v) is 11.2. The normalized spacial score (nSPS) is 17.9. The number of rotatable bonds is 5. The van der Waals surface area contributed by atoms with Crippen LogP contribution in [0.4, 0.5) is 4.39 Å². The van der Waals surface area contributed by atoms with Gasteiger partial charge in [0.1, 0.15) is 11.6 Å². The number of hydrogen-bond acceptors (Lipinski definition) is 2. The lowest BCUT2D eigenvalue weighted by atomic mass is 9.91. The lowest BCUT2D eigenvalue weighted by Gasteiger charge is -2.25. The minimum atomic E-state index is -0.160. The molecule has 0 radical (unpaired) electrons. The van der Waals surface area contributed by atoms with E-state index in [0.717, 1.165) is 12.1 Å². The van der Waals surface area contributed by atoms with Crippen LogP contribution in [-0.2, 0) is 0 Å². The quantitative estimate of drug-likeness (QED) is 0.862. The fourth-order valence-corrected chi connectivity index (χ4v) is 2.93. The van der Waals surface area contributed by atoms with E-state index < -0.39 is 0 Å². The summed E-state index contributed by atoms with van der Waals surface area (Å²) in [6.07, 6.45) is 4.93. The van der Waals surface area contributed by atoms with Gasteiger partial charge in [0.25, 0.3) is 0 Å². The van der Waals surface area contributed by atoms with Crippen LogP contribution in [0.3, 0.4) is 0 Å². The van der Waals surface area contributed by atoms with Crippen LogP contribution in [0.2, 0.25) is 0 Å². The molecule has 1 N–H and O–H groups in total. The highest BCUT2D eigenvalue weighted by Gasteiger charge is 2.27. The number of methoxy groups -OCH3 is 1. The van der Waals surface area contributed by atoms with Crippen molar-refractivity contribution < 1.29 is 9.13 Å². The van der Waals surface area contributed by atoms with Gasteiger partial charge >= 0.3 is 0 Å². The first-order valence-electron chi connectivity index (χ1n) is 6.83. The summed E-state index contributed by atoms with van der Waals surface area (Å²) in [4.78, 5) is 0. The van der Waals surface area contributed by atoms with Gasteiger partial charge in [-0.25, -0.2) is 4.39 Å². The zero-order chi connectivity index (χ0) is 13.0. The SMILES string of the molecule is CCNC(c1ccc(OC)cc1F)C1CCCC1. The molecule has 0 aromatic heterocycles. The van der Waals surface area contributed by atoms with Crippen LogP contribution in [-0.4, -0.2) is 13.7 Å². The third-order valence-corrected chi connectivity index (χ3v) is 3.84. The van der Waals surface area contributed by atoms with Gasteiger partial charge in [-0.2, -0.15) is 0 Å². The first-order chi connectivity index (χ1) is 8.76. The summed E-state index contributed by atoms with van der Waals surface area (Å²) in [5, 5.41) is 3.44. The third-order valence-electron chi connectivity index (χ3n) is 3.84. The Morgan fingerprint density at radius 3 is 2.67 bits per heavy atom. The van der Waals surface area contributed by atoms with Gasteiger partial charge in [-0.05, 0) is 31.4 Å². The minimum absolute atomic E-state index is 0.142. The number of nitrogens with one attached hydrogen (secondary N) is 1. The fraction of sp³-hybridized carbons (Fsp3) is 0.600. The second kappa shape index (κ2) is 6.19. The van der Waals surface area contributed by atoms with Crippen LogP contribution in [0.5, 0.6) is 5.75 Å². The van der Waals surface area contributed by atoms with Gasteiger partial charge in [0, 0.05) is 17.7 Å². The van der Waals surface area contributed by atoms with E-state index in [0.29, 0.717) is 11.7 Å². The average molecular weight is 251 g/mol. The van der Waals surface area contributed by atoms with Crippen LogP contribution in [0.15, 0.2) is 18.2 Å². The van der Waals surface area contributed by atoms with Crippen molar-refractivity contribution in [2.24, 2.45) is 5.92 Å². The van der Waals surface area contributed by atoms with Crippen molar-refractivity contribution in [3.05, 3.63) is 29.6 Å². The highest BCUT2D eigenvalue weighted by Crippen LogP contribution is 2.37. The zero-order valence-electron chi connectivity index (χ0n) is 11.2. The van der Waals surface area contributed by atoms with Crippen molar-refractivity contribution in [2.75, 3.05) is 13.7 Å². The second-order valence-electron chi connectivity index (χ2n) is 4.97. The lowest BCUT2D eigenvalue weighted by Crippen LogP contribution is -2.27. The van der Waals surface area contributed by atoms with Crippen LogP contribution in [0.1, 0.15) is 44.2 Å². The van der Waals surface area contributed by atoms with Crippen molar-refractivity contribution >= 4 is 0 Å². The first-order valence-corrected chi connectivity index (χ1v) is 6.83. The van der Waals surface area contributed by atoms with Gasteiger partial charge in [-0.15, -0.1) is 0 Å². The van der Waals surface area contributed by atoms with Gasteiger partial charge in [0.05, 0.1) is 7.11 Å². The molecule has 18 heavy (non-hydrogen) atoms. The van der Waals surface area contributed by atoms with Gasteiger partial charge < -0.3 is 10.1 Å². The number of benzene rings is 1. The van der Waals surface area contributed by atoms with E-state index in [2.05, 4.69) is 12.2 Å². The Hall–Kier alpha value is -1.09. The highest BCUT2D eigenvalue weighted by atomic mass is 19.1. The van der Waals surface area contributed by atoms with Gasteiger partial charge in [0.2, 0.25) is 0 Å². The summed E-state index contributed by atoms with van der Waals surface area (Å²) in [7, 11) is 1.56. The van der Waals surface area contributed by atoms with Crippen LogP contribution in [0.25, 0.3) is 0 Å². The van der Waals surface area contributed by atoms with Crippen LogP contribution in [0, 0.1) is 11.7 Å². The van der Waals surface area contributed by atoms with E-state index in [1.807, 2.05) is 12.1 Å². The molecular weight excluding hydrogens is 229 g/mol. The summed E-state index contributed by atoms with van der Waals surface area (Å²) in [6.45, 7) is 2.94. The monoisotopic (exact) mass is 251 g/mol. The molecule has 1 unspecified atom stereocenters. The second-order valence-corrected chi connectivity index (χ2v) is 4.97. The van der Waals surface area contributed by atoms with Crippen LogP contribution >= 0.6 is 0 Å². The maximum absolute atomic E-state index is 14.1. The first kappa shape index (κ1) is 13.3. The van der Waals surface area contributed by atoms with E-state index in [1.54, 1.807) is 7.11 Å². The van der Waals surface area contributed by atoms with Crippen molar-refractivity contribution in [3.8, 4) is 5.75 Å². The molecule has 0 amide bonds. The molecule has 1 aliphatic rings. The van der Waals surface area contributed by atoms with E-state index >= 15 is 0 Å². The molecule has 3 heteroatoms. The molecule has 1 atom stereocenters. The topological polar surface area (TPSA) is 21.3 Å². The predicted octanol–water partition coefficient (Wildman–Crippen LogP) is 3.68. The smallest absolute Gasteiger partial charge is 0.131 e. The highest BCUT2D eigenvalue weighted by molar-refractivity contribution is 5.31. The Balaban J connectivity index is 2.23. The standard InChI is InChI=1S/C15H22FNO/c1-3-17-15(11-6-4-5-7-11)13-9-8-12(18-2)10-14(13)16/h8-11,15,17H,3-7H2,1-2H3. The van der Waals surface area contributed by atoms with E-state index in [4.69, 9.17) is 4.74 Å². The number of halogens is 1. The molecule has 1 aliphatic carbocycles. The van der Waals surface area contributed by atoms with Gasteiger partial charge in [-0.3, -0.25) is 0 Å². The van der Waals surface area contributed by atoms with Gasteiger partial charge in [0.15, 0.2) is 0 Å². The Bertz CT molecular complexity index is 388. The Morgan fingerprint density at radius 1 is 1.39 bits per heavy atom. The molecule has 0 spiro atoms.